The van der Waals surface area contributed by atoms with Gasteiger partial charge in [0.2, 0.25) is 0 Å². The molecule has 3 aromatic heterocycles. The van der Waals surface area contributed by atoms with Crippen molar-refractivity contribution in [1.82, 2.24) is 14.1 Å². The van der Waals surface area contributed by atoms with Crippen molar-refractivity contribution in [1.29, 1.82) is 0 Å². The molecule has 34 heavy (non-hydrogen) atoms. The zero-order chi connectivity index (χ0) is 24.8. The molecule has 0 aliphatic carbocycles. The molecule has 0 unspecified atom stereocenters. The van der Waals surface area contributed by atoms with E-state index < -0.39 is 30.5 Å². The van der Waals surface area contributed by atoms with Gasteiger partial charge in [0.1, 0.15) is 17.1 Å². The molecule has 6 nitrogen and oxygen atoms in total. The number of rotatable bonds is 5. The summed E-state index contributed by atoms with van der Waals surface area (Å²) in [5, 5.41) is 0.521. The second-order valence-electron chi connectivity index (χ2n) is 8.12. The Bertz CT molecular complexity index is 1490. The van der Waals surface area contributed by atoms with E-state index in [1.165, 1.54) is 35.2 Å². The molecule has 3 heterocycles. The first-order valence-electron chi connectivity index (χ1n) is 10.4. The zero-order valence-corrected chi connectivity index (χ0v) is 18.6. The van der Waals surface area contributed by atoms with Crippen LogP contribution in [0.25, 0.3) is 22.0 Å². The van der Waals surface area contributed by atoms with E-state index >= 15 is 0 Å². The Labute approximate surface area is 191 Å². The van der Waals surface area contributed by atoms with Gasteiger partial charge in [0, 0.05) is 48.7 Å². The van der Waals surface area contributed by atoms with E-state index in [1.54, 1.807) is 33.2 Å². The molecule has 0 radical (unpaired) electrons. The molecule has 0 fully saturated rings. The molecule has 4 rings (SSSR count). The molecule has 0 amide bonds. The summed E-state index contributed by atoms with van der Waals surface area (Å²) in [7, 11) is 1.55. The number of H-pyrrole nitrogens is 1. The molecular weight excluding hydrogens is 454 g/mol. The van der Waals surface area contributed by atoms with Crippen LogP contribution in [-0.2, 0) is 13.6 Å². The summed E-state index contributed by atoms with van der Waals surface area (Å²) < 4.78 is 60.5. The number of hydrogen-bond donors (Lipinski definition) is 1. The lowest BCUT2D eigenvalue weighted by Gasteiger charge is -2.18. The maximum atomic E-state index is 13.8. The van der Waals surface area contributed by atoms with Crippen LogP contribution in [0, 0.1) is 19.7 Å². The third-order valence-electron chi connectivity index (χ3n) is 5.57. The van der Waals surface area contributed by atoms with Crippen LogP contribution in [0.4, 0.5) is 17.6 Å². The van der Waals surface area contributed by atoms with E-state index in [1.807, 2.05) is 0 Å². The third-order valence-corrected chi connectivity index (χ3v) is 5.57. The van der Waals surface area contributed by atoms with Crippen molar-refractivity contribution in [3.8, 4) is 22.6 Å². The van der Waals surface area contributed by atoms with Crippen LogP contribution in [0.5, 0.6) is 11.5 Å². The van der Waals surface area contributed by atoms with E-state index in [4.69, 9.17) is 4.74 Å². The van der Waals surface area contributed by atoms with Crippen molar-refractivity contribution < 1.29 is 22.3 Å². The number of pyridine rings is 2. The molecule has 178 valence electrons. The number of aromatic nitrogens is 3. The number of aryl methyl sites for hydroxylation is 4. The zero-order valence-electron chi connectivity index (χ0n) is 18.6. The van der Waals surface area contributed by atoms with Gasteiger partial charge in [-0.05, 0) is 49.2 Å². The number of nitrogens with one attached hydrogen (secondary N) is 1. The largest absolute Gasteiger partial charge is 0.450 e. The number of alkyl halides is 3. The standard InChI is InChI=1S/C24H21F4N3O3/c1-13-10-15(25)11-14(2)20(13)34-21-17(5-8-31(23(21)33)9-6-24(26,27)28)18-12-30(3)22(32)19-16(18)4-7-29-19/h4-5,7-8,10-12,29H,6,9H2,1-3H3. The van der Waals surface area contributed by atoms with Gasteiger partial charge in [-0.15, -0.1) is 0 Å². The first kappa shape index (κ1) is 23.3. The molecule has 10 heteroatoms. The van der Waals surface area contributed by atoms with Crippen LogP contribution in [0.2, 0.25) is 0 Å². The molecule has 1 N–H and O–H groups in total. The summed E-state index contributed by atoms with van der Waals surface area (Å²) in [5.41, 5.74) is 0.850. The number of halogens is 4. The highest BCUT2D eigenvalue weighted by molar-refractivity contribution is 5.95. The average molecular weight is 475 g/mol. The number of aromatic amines is 1. The Balaban J connectivity index is 1.96. The lowest BCUT2D eigenvalue weighted by atomic mass is 10.0. The highest BCUT2D eigenvalue weighted by Crippen LogP contribution is 2.36. The van der Waals surface area contributed by atoms with Gasteiger partial charge < -0.3 is 18.9 Å². The summed E-state index contributed by atoms with van der Waals surface area (Å²) in [6.07, 6.45) is -1.26. The van der Waals surface area contributed by atoms with Gasteiger partial charge in [0.15, 0.2) is 5.75 Å². The van der Waals surface area contributed by atoms with Crippen molar-refractivity contribution in [3.63, 3.8) is 0 Å². The SMILES string of the molecule is Cc1cc(F)cc(C)c1Oc1c(-c2cn(C)c(=O)c3[nH]ccc23)ccn(CCC(F)(F)F)c1=O. The van der Waals surface area contributed by atoms with E-state index in [9.17, 15) is 27.2 Å². The first-order valence-corrected chi connectivity index (χ1v) is 10.4. The molecule has 0 atom stereocenters. The molecule has 0 bridgehead atoms. The van der Waals surface area contributed by atoms with E-state index in [2.05, 4.69) is 4.98 Å². The monoisotopic (exact) mass is 475 g/mol. The Morgan fingerprint density at radius 1 is 1.00 bits per heavy atom. The Kier molecular flexibility index (Phi) is 5.84. The predicted molar refractivity (Wildman–Crippen MR) is 120 cm³/mol. The second-order valence-corrected chi connectivity index (χ2v) is 8.12. The number of benzene rings is 1. The van der Waals surface area contributed by atoms with Crippen LogP contribution < -0.4 is 15.9 Å². The van der Waals surface area contributed by atoms with Crippen LogP contribution in [-0.4, -0.2) is 20.3 Å². The number of nitrogens with zero attached hydrogens (tertiary/aromatic N) is 2. The van der Waals surface area contributed by atoms with Crippen molar-refractivity contribution in [2.45, 2.75) is 33.0 Å². The molecular formula is C24H21F4N3O3. The highest BCUT2D eigenvalue weighted by Gasteiger charge is 2.28. The molecule has 0 saturated carbocycles. The second kappa shape index (κ2) is 8.51. The summed E-state index contributed by atoms with van der Waals surface area (Å²) in [6, 6.07) is 5.63. The van der Waals surface area contributed by atoms with Crippen molar-refractivity contribution in [3.05, 3.63) is 80.5 Å². The fourth-order valence-corrected chi connectivity index (χ4v) is 3.93. The van der Waals surface area contributed by atoms with Gasteiger partial charge in [-0.1, -0.05) is 0 Å². The van der Waals surface area contributed by atoms with E-state index in [0.29, 0.717) is 27.6 Å². The van der Waals surface area contributed by atoms with Gasteiger partial charge in [0.05, 0.1) is 6.42 Å². The molecule has 0 aliphatic heterocycles. The van der Waals surface area contributed by atoms with Crippen LogP contribution in [0.1, 0.15) is 17.5 Å². The van der Waals surface area contributed by atoms with Gasteiger partial charge >= 0.3 is 6.18 Å². The van der Waals surface area contributed by atoms with Crippen molar-refractivity contribution in [2.75, 3.05) is 0 Å². The third kappa shape index (κ3) is 4.35. The van der Waals surface area contributed by atoms with Crippen LogP contribution >= 0.6 is 0 Å². The lowest BCUT2D eigenvalue weighted by molar-refractivity contribution is -0.136. The molecule has 0 spiro atoms. The van der Waals surface area contributed by atoms with Gasteiger partial charge in [-0.3, -0.25) is 9.59 Å². The summed E-state index contributed by atoms with van der Waals surface area (Å²) in [4.78, 5) is 28.7. The quantitative estimate of drug-likeness (QED) is 0.404. The maximum Gasteiger partial charge on any atom is 0.390 e. The minimum absolute atomic E-state index is 0.219. The van der Waals surface area contributed by atoms with E-state index in [0.717, 1.165) is 4.57 Å². The Morgan fingerprint density at radius 2 is 1.68 bits per heavy atom. The molecule has 4 aromatic rings. The average Bonchev–Trinajstić information content (AvgIpc) is 3.23. The van der Waals surface area contributed by atoms with Crippen LogP contribution in [0.15, 0.2) is 52.4 Å². The number of ether oxygens (including phenoxy) is 1. The molecule has 1 aromatic carbocycles. The summed E-state index contributed by atoms with van der Waals surface area (Å²) in [6.45, 7) is 2.62. The highest BCUT2D eigenvalue weighted by atomic mass is 19.4. The van der Waals surface area contributed by atoms with Gasteiger partial charge in [-0.2, -0.15) is 13.2 Å². The van der Waals surface area contributed by atoms with Crippen molar-refractivity contribution >= 4 is 10.9 Å². The maximum absolute atomic E-state index is 13.8. The Hall–Kier alpha value is -3.82. The summed E-state index contributed by atoms with van der Waals surface area (Å²) >= 11 is 0. The summed E-state index contributed by atoms with van der Waals surface area (Å²) in [5.74, 6) is -0.475. The Morgan fingerprint density at radius 3 is 2.32 bits per heavy atom. The van der Waals surface area contributed by atoms with E-state index in [-0.39, 0.29) is 22.6 Å². The first-order chi connectivity index (χ1) is 16.0. The number of fused-ring (bicyclic) bond motifs is 1. The normalized spacial score (nSPS) is 11.9. The van der Waals surface area contributed by atoms with Gasteiger partial charge in [0.25, 0.3) is 11.1 Å². The predicted octanol–water partition coefficient (Wildman–Crippen LogP) is 5.20. The van der Waals surface area contributed by atoms with Gasteiger partial charge in [-0.25, -0.2) is 4.39 Å². The minimum Gasteiger partial charge on any atom is -0.450 e. The molecule has 0 aliphatic rings. The fourth-order valence-electron chi connectivity index (χ4n) is 3.93. The van der Waals surface area contributed by atoms with Crippen LogP contribution in [0.3, 0.4) is 0 Å². The minimum atomic E-state index is -4.45. The lowest BCUT2D eigenvalue weighted by Crippen LogP contribution is -2.24. The fraction of sp³-hybridized carbons (Fsp3) is 0.250. The molecule has 0 saturated heterocycles. The topological polar surface area (TPSA) is 69.0 Å². The van der Waals surface area contributed by atoms with Crippen molar-refractivity contribution in [2.24, 2.45) is 7.05 Å². The number of hydrogen-bond acceptors (Lipinski definition) is 3. The smallest absolute Gasteiger partial charge is 0.390 e.